The van der Waals surface area contributed by atoms with Crippen molar-refractivity contribution in [2.75, 3.05) is 0 Å². The fraction of sp³-hybridized carbons (Fsp3) is 0.467. The Balaban J connectivity index is 2.36. The SMILES string of the molecule is CC1(C)NC(=O)C(C)(C)N(Cc2cccc(F)c2)C1=O. The Morgan fingerprint density at radius 1 is 1.20 bits per heavy atom. The van der Waals surface area contributed by atoms with E-state index in [1.165, 1.54) is 17.0 Å². The molecule has 5 heteroatoms. The van der Waals surface area contributed by atoms with Crippen LogP contribution in [-0.4, -0.2) is 27.8 Å². The lowest BCUT2D eigenvalue weighted by Gasteiger charge is -2.47. The van der Waals surface area contributed by atoms with Crippen LogP contribution in [-0.2, 0) is 16.1 Å². The topological polar surface area (TPSA) is 49.4 Å². The Labute approximate surface area is 118 Å². The van der Waals surface area contributed by atoms with Gasteiger partial charge in [-0.3, -0.25) is 9.59 Å². The van der Waals surface area contributed by atoms with Gasteiger partial charge in [-0.15, -0.1) is 0 Å². The lowest BCUT2D eigenvalue weighted by atomic mass is 9.89. The van der Waals surface area contributed by atoms with E-state index in [1.807, 2.05) is 0 Å². The van der Waals surface area contributed by atoms with Crippen LogP contribution in [0.15, 0.2) is 24.3 Å². The van der Waals surface area contributed by atoms with Crippen molar-refractivity contribution >= 4 is 11.8 Å². The van der Waals surface area contributed by atoms with Crippen LogP contribution < -0.4 is 5.32 Å². The van der Waals surface area contributed by atoms with Gasteiger partial charge in [-0.2, -0.15) is 0 Å². The number of carbonyl (C=O) groups is 2. The van der Waals surface area contributed by atoms with Gasteiger partial charge in [0.2, 0.25) is 11.8 Å². The fourth-order valence-electron chi connectivity index (χ4n) is 2.29. The van der Waals surface area contributed by atoms with Crippen molar-refractivity contribution in [1.82, 2.24) is 10.2 Å². The molecule has 20 heavy (non-hydrogen) atoms. The molecular formula is C15H19FN2O2. The van der Waals surface area contributed by atoms with E-state index in [1.54, 1.807) is 39.8 Å². The van der Waals surface area contributed by atoms with Gasteiger partial charge >= 0.3 is 0 Å². The van der Waals surface area contributed by atoms with Crippen molar-refractivity contribution in [3.63, 3.8) is 0 Å². The maximum absolute atomic E-state index is 13.3. The first-order chi connectivity index (χ1) is 9.14. The van der Waals surface area contributed by atoms with E-state index < -0.39 is 11.1 Å². The molecular weight excluding hydrogens is 259 g/mol. The second kappa shape index (κ2) is 4.58. The molecule has 1 aromatic rings. The van der Waals surface area contributed by atoms with Gasteiger partial charge in [0, 0.05) is 6.54 Å². The number of rotatable bonds is 2. The molecule has 1 saturated heterocycles. The largest absolute Gasteiger partial charge is 0.340 e. The summed E-state index contributed by atoms with van der Waals surface area (Å²) in [6.45, 7) is 6.92. The maximum atomic E-state index is 13.3. The molecule has 1 fully saturated rings. The number of hydrogen-bond acceptors (Lipinski definition) is 2. The third-order valence-corrected chi connectivity index (χ3v) is 3.67. The van der Waals surface area contributed by atoms with Gasteiger partial charge in [0.25, 0.3) is 0 Å². The van der Waals surface area contributed by atoms with E-state index >= 15 is 0 Å². The minimum Gasteiger partial charge on any atom is -0.340 e. The monoisotopic (exact) mass is 278 g/mol. The molecule has 1 heterocycles. The van der Waals surface area contributed by atoms with Gasteiger partial charge in [0.1, 0.15) is 16.9 Å². The molecule has 1 aliphatic heterocycles. The zero-order chi connectivity index (χ0) is 15.1. The molecule has 4 nitrogen and oxygen atoms in total. The summed E-state index contributed by atoms with van der Waals surface area (Å²) in [5, 5.41) is 2.72. The van der Waals surface area contributed by atoms with Crippen LogP contribution in [0.4, 0.5) is 4.39 Å². The number of carbonyl (C=O) groups excluding carboxylic acids is 2. The van der Waals surface area contributed by atoms with Crippen molar-refractivity contribution in [1.29, 1.82) is 0 Å². The molecule has 2 rings (SSSR count). The summed E-state index contributed by atoms with van der Waals surface area (Å²) >= 11 is 0. The van der Waals surface area contributed by atoms with Crippen LogP contribution in [0.5, 0.6) is 0 Å². The minimum absolute atomic E-state index is 0.175. The zero-order valence-electron chi connectivity index (χ0n) is 12.2. The molecule has 0 aliphatic carbocycles. The molecule has 108 valence electrons. The number of halogens is 1. The zero-order valence-corrected chi connectivity index (χ0v) is 12.2. The van der Waals surface area contributed by atoms with Crippen LogP contribution in [0.2, 0.25) is 0 Å². The summed E-state index contributed by atoms with van der Waals surface area (Å²) in [7, 11) is 0. The van der Waals surface area contributed by atoms with Crippen LogP contribution in [0, 0.1) is 5.82 Å². The van der Waals surface area contributed by atoms with Gasteiger partial charge < -0.3 is 10.2 Å². The highest BCUT2D eigenvalue weighted by molar-refractivity contribution is 6.01. The molecule has 0 aromatic heterocycles. The lowest BCUT2D eigenvalue weighted by Crippen LogP contribution is -2.71. The van der Waals surface area contributed by atoms with Gasteiger partial charge in [-0.25, -0.2) is 4.39 Å². The molecule has 1 aromatic carbocycles. The Morgan fingerprint density at radius 2 is 1.85 bits per heavy atom. The quantitative estimate of drug-likeness (QED) is 0.897. The lowest BCUT2D eigenvalue weighted by molar-refractivity contribution is -0.160. The third-order valence-electron chi connectivity index (χ3n) is 3.67. The van der Waals surface area contributed by atoms with Crippen LogP contribution >= 0.6 is 0 Å². The average molecular weight is 278 g/mol. The van der Waals surface area contributed by atoms with Gasteiger partial charge in [-0.05, 0) is 45.4 Å². The molecule has 0 radical (unpaired) electrons. The molecule has 1 aliphatic rings. The maximum Gasteiger partial charge on any atom is 0.248 e. The molecule has 0 bridgehead atoms. The Kier molecular flexibility index (Phi) is 3.32. The fourth-order valence-corrected chi connectivity index (χ4v) is 2.29. The Bertz CT molecular complexity index is 567. The number of benzene rings is 1. The van der Waals surface area contributed by atoms with Crippen LogP contribution in [0.1, 0.15) is 33.3 Å². The highest BCUT2D eigenvalue weighted by Gasteiger charge is 2.49. The number of amides is 2. The highest BCUT2D eigenvalue weighted by Crippen LogP contribution is 2.27. The number of hydrogen-bond donors (Lipinski definition) is 1. The number of piperazine rings is 1. The van der Waals surface area contributed by atoms with E-state index in [0.717, 1.165) is 0 Å². The predicted octanol–water partition coefficient (Wildman–Crippen LogP) is 1.84. The van der Waals surface area contributed by atoms with Crippen molar-refractivity contribution in [3.8, 4) is 0 Å². The van der Waals surface area contributed by atoms with Gasteiger partial charge in [-0.1, -0.05) is 12.1 Å². The smallest absolute Gasteiger partial charge is 0.248 e. The highest BCUT2D eigenvalue weighted by atomic mass is 19.1. The van der Waals surface area contributed by atoms with E-state index in [2.05, 4.69) is 5.32 Å². The summed E-state index contributed by atoms with van der Waals surface area (Å²) in [5.74, 6) is -0.738. The molecule has 2 amide bonds. The summed E-state index contributed by atoms with van der Waals surface area (Å²) in [5.41, 5.74) is -1.24. The van der Waals surface area contributed by atoms with E-state index in [9.17, 15) is 14.0 Å². The second-order valence-corrected chi connectivity index (χ2v) is 6.16. The Hall–Kier alpha value is -1.91. The first-order valence-electron chi connectivity index (χ1n) is 6.54. The van der Waals surface area contributed by atoms with Crippen LogP contribution in [0.25, 0.3) is 0 Å². The molecule has 0 spiro atoms. The first-order valence-corrected chi connectivity index (χ1v) is 6.54. The normalized spacial score (nSPS) is 20.8. The minimum atomic E-state index is -0.959. The van der Waals surface area contributed by atoms with Gasteiger partial charge in [0.05, 0.1) is 0 Å². The van der Waals surface area contributed by atoms with Crippen molar-refractivity contribution < 1.29 is 14.0 Å². The van der Waals surface area contributed by atoms with E-state index in [4.69, 9.17) is 0 Å². The standard InChI is InChI=1S/C15H19FN2O2/c1-14(2)13(20)18(15(3,4)12(19)17-14)9-10-6-5-7-11(16)8-10/h5-8H,9H2,1-4H3,(H,17,19). The molecule has 0 atom stereocenters. The number of nitrogens with one attached hydrogen (secondary N) is 1. The third kappa shape index (κ3) is 2.40. The van der Waals surface area contributed by atoms with Gasteiger partial charge in [0.15, 0.2) is 0 Å². The number of nitrogens with zero attached hydrogens (tertiary/aromatic N) is 1. The molecule has 0 unspecified atom stereocenters. The average Bonchev–Trinajstić information content (AvgIpc) is 2.33. The molecule has 1 N–H and O–H groups in total. The van der Waals surface area contributed by atoms with Crippen molar-refractivity contribution in [3.05, 3.63) is 35.6 Å². The van der Waals surface area contributed by atoms with E-state index in [0.29, 0.717) is 5.56 Å². The summed E-state index contributed by atoms with van der Waals surface area (Å²) < 4.78 is 13.3. The predicted molar refractivity (Wildman–Crippen MR) is 73.3 cm³/mol. The van der Waals surface area contributed by atoms with E-state index in [-0.39, 0.29) is 24.2 Å². The summed E-state index contributed by atoms with van der Waals surface area (Å²) in [6.07, 6.45) is 0. The summed E-state index contributed by atoms with van der Waals surface area (Å²) in [6, 6.07) is 6.06. The second-order valence-electron chi connectivity index (χ2n) is 6.16. The Morgan fingerprint density at radius 3 is 2.45 bits per heavy atom. The molecule has 0 saturated carbocycles. The van der Waals surface area contributed by atoms with Crippen molar-refractivity contribution in [2.45, 2.75) is 45.3 Å². The van der Waals surface area contributed by atoms with Crippen LogP contribution in [0.3, 0.4) is 0 Å². The summed E-state index contributed by atoms with van der Waals surface area (Å²) in [4.78, 5) is 26.2. The van der Waals surface area contributed by atoms with Crippen molar-refractivity contribution in [2.24, 2.45) is 0 Å². The first kappa shape index (κ1) is 14.5.